The van der Waals surface area contributed by atoms with Crippen molar-refractivity contribution in [2.75, 3.05) is 12.4 Å². The second-order valence-corrected chi connectivity index (χ2v) is 3.32. The number of carbonyl (C=O) groups excluding carboxylic acids is 1. The Balaban J connectivity index is 1.96. The van der Waals surface area contributed by atoms with Crippen LogP contribution in [0.5, 0.6) is 0 Å². The number of rotatable bonds is 4. The number of hydrogen-bond acceptors (Lipinski definition) is 5. The van der Waals surface area contributed by atoms with Crippen molar-refractivity contribution in [2.45, 2.75) is 6.54 Å². The molecule has 0 unspecified atom stereocenters. The highest BCUT2D eigenvalue weighted by Gasteiger charge is 2.05. The van der Waals surface area contributed by atoms with E-state index >= 15 is 0 Å². The molecular weight excluding hydrogens is 220 g/mol. The minimum atomic E-state index is -0.252. The van der Waals surface area contributed by atoms with Crippen molar-refractivity contribution in [1.29, 1.82) is 0 Å². The predicted molar refractivity (Wildman–Crippen MR) is 61.3 cm³/mol. The molecule has 88 valence electrons. The monoisotopic (exact) mass is 232 g/mol. The number of amides is 1. The first-order valence-electron chi connectivity index (χ1n) is 5.07. The first-order chi connectivity index (χ1) is 8.29. The summed E-state index contributed by atoms with van der Waals surface area (Å²) in [6.07, 6.45) is 1.68. The smallest absolute Gasteiger partial charge is 0.271 e. The van der Waals surface area contributed by atoms with Gasteiger partial charge in [-0.05, 0) is 18.2 Å². The largest absolute Gasteiger partial charge is 0.363 e. The van der Waals surface area contributed by atoms with Crippen molar-refractivity contribution < 1.29 is 4.79 Å². The normalized spacial score (nSPS) is 9.94. The molecule has 0 radical (unpaired) electrons. The standard InChI is InChI=1S/C10H12N6O/c1-11-10(17)8-2-3-9(16-15-8)12-6-7-4-5-13-14-7/h2-5H,6H2,1H3,(H,11,17)(H,12,16)(H,13,14). The molecular formula is C10H12N6O. The Morgan fingerprint density at radius 2 is 2.24 bits per heavy atom. The molecule has 2 heterocycles. The van der Waals surface area contributed by atoms with E-state index in [0.29, 0.717) is 18.1 Å². The lowest BCUT2D eigenvalue weighted by molar-refractivity contribution is 0.0957. The number of aromatic amines is 1. The summed E-state index contributed by atoms with van der Waals surface area (Å²) in [7, 11) is 1.55. The molecule has 0 aliphatic carbocycles. The molecule has 0 aliphatic rings. The van der Waals surface area contributed by atoms with Crippen LogP contribution < -0.4 is 10.6 Å². The summed E-state index contributed by atoms with van der Waals surface area (Å²) < 4.78 is 0. The van der Waals surface area contributed by atoms with Crippen LogP contribution in [0.4, 0.5) is 5.82 Å². The average Bonchev–Trinajstić information content (AvgIpc) is 2.89. The number of carbonyl (C=O) groups is 1. The summed E-state index contributed by atoms with van der Waals surface area (Å²) in [6.45, 7) is 0.577. The van der Waals surface area contributed by atoms with Gasteiger partial charge in [0.25, 0.3) is 5.91 Å². The van der Waals surface area contributed by atoms with E-state index in [4.69, 9.17) is 0 Å². The molecule has 0 saturated carbocycles. The van der Waals surface area contributed by atoms with Crippen LogP contribution in [0.1, 0.15) is 16.2 Å². The number of hydrogen-bond donors (Lipinski definition) is 3. The first kappa shape index (κ1) is 11.1. The fourth-order valence-corrected chi connectivity index (χ4v) is 1.24. The van der Waals surface area contributed by atoms with Gasteiger partial charge in [0, 0.05) is 13.2 Å². The molecule has 0 fully saturated rings. The van der Waals surface area contributed by atoms with Crippen LogP contribution in [0.15, 0.2) is 24.4 Å². The van der Waals surface area contributed by atoms with Crippen molar-refractivity contribution in [3.8, 4) is 0 Å². The molecule has 2 aromatic heterocycles. The molecule has 7 heteroatoms. The van der Waals surface area contributed by atoms with Gasteiger partial charge in [0.1, 0.15) is 5.82 Å². The zero-order valence-electron chi connectivity index (χ0n) is 9.27. The van der Waals surface area contributed by atoms with E-state index < -0.39 is 0 Å². The van der Waals surface area contributed by atoms with Gasteiger partial charge in [-0.1, -0.05) is 0 Å². The maximum Gasteiger partial charge on any atom is 0.271 e. The Morgan fingerprint density at radius 3 is 2.82 bits per heavy atom. The van der Waals surface area contributed by atoms with Crippen molar-refractivity contribution in [3.05, 3.63) is 35.8 Å². The molecule has 0 atom stereocenters. The van der Waals surface area contributed by atoms with Gasteiger partial charge in [0.2, 0.25) is 0 Å². The van der Waals surface area contributed by atoms with Crippen LogP contribution in [0.25, 0.3) is 0 Å². The lowest BCUT2D eigenvalue weighted by Crippen LogP contribution is -2.19. The van der Waals surface area contributed by atoms with E-state index in [9.17, 15) is 4.79 Å². The summed E-state index contributed by atoms with van der Waals surface area (Å²) in [6, 6.07) is 5.17. The molecule has 17 heavy (non-hydrogen) atoms. The number of H-pyrrole nitrogens is 1. The zero-order chi connectivity index (χ0) is 12.1. The van der Waals surface area contributed by atoms with E-state index in [-0.39, 0.29) is 5.91 Å². The summed E-state index contributed by atoms with van der Waals surface area (Å²) in [5, 5.41) is 19.9. The highest BCUT2D eigenvalue weighted by atomic mass is 16.1. The topological polar surface area (TPSA) is 95.6 Å². The van der Waals surface area contributed by atoms with E-state index in [1.54, 1.807) is 25.4 Å². The Hall–Kier alpha value is -2.44. The lowest BCUT2D eigenvalue weighted by atomic mass is 10.3. The van der Waals surface area contributed by atoms with Crippen LogP contribution in [0, 0.1) is 0 Å². The van der Waals surface area contributed by atoms with Gasteiger partial charge in [-0.25, -0.2) is 0 Å². The van der Waals surface area contributed by atoms with Gasteiger partial charge < -0.3 is 10.6 Å². The second kappa shape index (κ2) is 5.06. The molecule has 2 aromatic rings. The van der Waals surface area contributed by atoms with Crippen LogP contribution >= 0.6 is 0 Å². The fraction of sp³-hybridized carbons (Fsp3) is 0.200. The SMILES string of the molecule is CNC(=O)c1ccc(NCc2ccn[nH]2)nn1. The molecule has 0 saturated heterocycles. The third kappa shape index (κ3) is 2.77. The second-order valence-electron chi connectivity index (χ2n) is 3.32. The Labute approximate surface area is 97.6 Å². The number of nitrogens with zero attached hydrogens (tertiary/aromatic N) is 3. The molecule has 0 spiro atoms. The molecule has 0 aromatic carbocycles. The fourth-order valence-electron chi connectivity index (χ4n) is 1.24. The highest BCUT2D eigenvalue weighted by Crippen LogP contribution is 2.03. The summed E-state index contributed by atoms with van der Waals surface area (Å²) in [4.78, 5) is 11.2. The van der Waals surface area contributed by atoms with Gasteiger partial charge in [0.05, 0.1) is 12.2 Å². The molecule has 0 aliphatic heterocycles. The quantitative estimate of drug-likeness (QED) is 0.698. The minimum Gasteiger partial charge on any atom is -0.363 e. The van der Waals surface area contributed by atoms with Gasteiger partial charge in [-0.2, -0.15) is 5.10 Å². The third-order valence-corrected chi connectivity index (χ3v) is 2.14. The maximum atomic E-state index is 11.2. The molecule has 0 bridgehead atoms. The summed E-state index contributed by atoms with van der Waals surface area (Å²) in [5.74, 6) is 0.352. The predicted octanol–water partition coefficient (Wildman–Crippen LogP) is 0.171. The highest BCUT2D eigenvalue weighted by molar-refractivity contribution is 5.91. The molecule has 7 nitrogen and oxygen atoms in total. The first-order valence-corrected chi connectivity index (χ1v) is 5.07. The molecule has 1 amide bonds. The Bertz CT molecular complexity index is 478. The third-order valence-electron chi connectivity index (χ3n) is 2.14. The lowest BCUT2D eigenvalue weighted by Gasteiger charge is -2.03. The van der Waals surface area contributed by atoms with Crippen molar-refractivity contribution in [3.63, 3.8) is 0 Å². The van der Waals surface area contributed by atoms with E-state index in [1.807, 2.05) is 6.07 Å². The van der Waals surface area contributed by atoms with Crippen LogP contribution in [0.2, 0.25) is 0 Å². The maximum absolute atomic E-state index is 11.2. The van der Waals surface area contributed by atoms with Gasteiger partial charge >= 0.3 is 0 Å². The van der Waals surface area contributed by atoms with Crippen molar-refractivity contribution >= 4 is 11.7 Å². The van der Waals surface area contributed by atoms with Gasteiger partial charge in [-0.3, -0.25) is 9.89 Å². The summed E-state index contributed by atoms with van der Waals surface area (Å²) in [5.41, 5.74) is 1.24. The van der Waals surface area contributed by atoms with Gasteiger partial charge in [0.15, 0.2) is 5.69 Å². The number of nitrogens with one attached hydrogen (secondary N) is 3. The van der Waals surface area contributed by atoms with Crippen LogP contribution in [-0.4, -0.2) is 33.3 Å². The zero-order valence-corrected chi connectivity index (χ0v) is 9.27. The van der Waals surface area contributed by atoms with Crippen molar-refractivity contribution in [1.82, 2.24) is 25.7 Å². The van der Waals surface area contributed by atoms with E-state index in [1.165, 1.54) is 0 Å². The molecule has 2 rings (SSSR count). The minimum absolute atomic E-state index is 0.252. The Kier molecular flexibility index (Phi) is 3.29. The number of aromatic nitrogens is 4. The Morgan fingerprint density at radius 1 is 1.35 bits per heavy atom. The average molecular weight is 232 g/mol. The van der Waals surface area contributed by atoms with Crippen LogP contribution in [-0.2, 0) is 6.54 Å². The van der Waals surface area contributed by atoms with E-state index in [0.717, 1.165) is 5.69 Å². The number of anilines is 1. The van der Waals surface area contributed by atoms with Crippen molar-refractivity contribution in [2.24, 2.45) is 0 Å². The van der Waals surface area contributed by atoms with Crippen LogP contribution in [0.3, 0.4) is 0 Å². The summed E-state index contributed by atoms with van der Waals surface area (Å²) >= 11 is 0. The molecule has 3 N–H and O–H groups in total. The van der Waals surface area contributed by atoms with E-state index in [2.05, 4.69) is 31.0 Å². The van der Waals surface area contributed by atoms with Gasteiger partial charge in [-0.15, -0.1) is 10.2 Å².